The Morgan fingerprint density at radius 3 is 2.20 bits per heavy atom. The van der Waals surface area contributed by atoms with Gasteiger partial charge < -0.3 is 19.4 Å². The van der Waals surface area contributed by atoms with Crippen LogP contribution in [0.25, 0.3) is 33.6 Å². The minimum atomic E-state index is -2.63. The summed E-state index contributed by atoms with van der Waals surface area (Å²) in [5, 5.41) is 0. The fourth-order valence-corrected chi connectivity index (χ4v) is 6.17. The molecule has 2 aliphatic rings. The number of ether oxygens (including phenoxy) is 2. The summed E-state index contributed by atoms with van der Waals surface area (Å²) in [6.45, 7) is -9.87. The molecule has 5 aromatic carbocycles. The van der Waals surface area contributed by atoms with Gasteiger partial charge >= 0.3 is 0 Å². The third kappa shape index (κ3) is 6.17. The monoisotopic (exact) mass is 837 g/mol. The fraction of sp³-hybridized carbons (Fsp3) is 0.0909. The quantitative estimate of drug-likeness (QED) is 0.132. The second-order valence-corrected chi connectivity index (χ2v) is 11.6. The summed E-state index contributed by atoms with van der Waals surface area (Å²) in [6.07, 6.45) is 2.48. The van der Waals surface area contributed by atoms with Crippen LogP contribution >= 0.6 is 0 Å². The largest absolute Gasteiger partial charge is 0.503 e. The number of rotatable bonds is 3. The number of hydrogen-bond donors (Lipinski definition) is 0. The van der Waals surface area contributed by atoms with E-state index in [1.165, 1.54) is 24.4 Å². The normalized spacial score (nSPS) is 16.3. The molecule has 0 saturated heterocycles. The molecule has 0 amide bonds. The minimum Gasteiger partial charge on any atom is -0.503 e. The number of para-hydroxylation sites is 1. The van der Waals surface area contributed by atoms with Crippen LogP contribution in [0.1, 0.15) is 38.7 Å². The molecule has 0 N–H and O–H groups in total. The molecule has 2 aliphatic heterocycles. The topological polar surface area (TPSA) is 44.2 Å². The third-order valence-corrected chi connectivity index (χ3v) is 8.51. The number of hydrogen-bond acceptors (Lipinski definition) is 4. The Hall–Kier alpha value is -5.29. The summed E-state index contributed by atoms with van der Waals surface area (Å²) in [4.78, 5) is 8.60. The second-order valence-electron chi connectivity index (χ2n) is 11.6. The molecule has 0 aliphatic carbocycles. The van der Waals surface area contributed by atoms with Gasteiger partial charge in [0.25, 0.3) is 0 Å². The van der Waals surface area contributed by atoms with E-state index in [1.807, 2.05) is 78.9 Å². The first kappa shape index (κ1) is 21.7. The number of aryl methyl sites for hydroxylation is 4. The average Bonchev–Trinajstić information content (AvgIpc) is 3.22. The molecule has 245 valence electrons. The molecule has 9 rings (SSSR count). The van der Waals surface area contributed by atoms with Crippen molar-refractivity contribution in [1.29, 1.82) is 0 Å². The smallest absolute Gasteiger partial charge is 0.241 e. The Labute approximate surface area is 324 Å². The number of nitrogens with zero attached hydrogens (tertiary/aromatic N) is 2. The Kier molecular flexibility index (Phi) is 6.05. The van der Waals surface area contributed by atoms with Crippen LogP contribution in [-0.2, 0) is 20.1 Å². The van der Waals surface area contributed by atoms with E-state index in [2.05, 4.69) is 22.1 Å². The minimum absolute atomic E-state index is 0. The molecule has 6 heteroatoms. The summed E-state index contributed by atoms with van der Waals surface area (Å²) in [5.41, 5.74) is 5.83. The first-order valence-corrected chi connectivity index (χ1v) is 15.5. The van der Waals surface area contributed by atoms with Crippen LogP contribution in [0.15, 0.2) is 128 Å². The van der Waals surface area contributed by atoms with E-state index in [1.54, 1.807) is 18.2 Å². The van der Waals surface area contributed by atoms with Crippen molar-refractivity contribution in [2.75, 3.05) is 0 Å². The van der Waals surface area contributed by atoms with Crippen molar-refractivity contribution in [3.63, 3.8) is 0 Å². The zero-order chi connectivity index (χ0) is 43.5. The Bertz CT molecular complexity index is 2780. The third-order valence-electron chi connectivity index (χ3n) is 8.51. The van der Waals surface area contributed by atoms with Crippen molar-refractivity contribution in [1.82, 2.24) is 9.97 Å². The van der Waals surface area contributed by atoms with Crippen LogP contribution < -0.4 is 25.9 Å². The maximum atomic E-state index is 7.91. The van der Waals surface area contributed by atoms with E-state index in [0.29, 0.717) is 33.9 Å². The van der Waals surface area contributed by atoms with Gasteiger partial charge in [0.2, 0.25) is 6.71 Å². The first-order valence-electron chi connectivity index (χ1n) is 21.5. The summed E-state index contributed by atoms with van der Waals surface area (Å²) < 4.78 is 105. The van der Waals surface area contributed by atoms with Gasteiger partial charge in [-0.05, 0) is 77.9 Å². The Morgan fingerprint density at radius 1 is 0.640 bits per heavy atom. The van der Waals surface area contributed by atoms with Crippen LogP contribution in [-0.4, -0.2) is 16.7 Å². The van der Waals surface area contributed by atoms with Crippen molar-refractivity contribution < 1.29 is 46.0 Å². The van der Waals surface area contributed by atoms with Gasteiger partial charge in [-0.2, -0.15) is 0 Å². The average molecular weight is 837 g/mol. The summed E-state index contributed by atoms with van der Waals surface area (Å²) >= 11 is 0. The number of fused-ring (bicyclic) bond motifs is 4. The van der Waals surface area contributed by atoms with E-state index < -0.39 is 27.4 Å². The van der Waals surface area contributed by atoms with E-state index in [9.17, 15) is 0 Å². The number of pyridine rings is 2. The molecule has 0 atom stereocenters. The maximum absolute atomic E-state index is 7.91. The van der Waals surface area contributed by atoms with E-state index in [0.717, 1.165) is 39.6 Å². The fourth-order valence-electron chi connectivity index (χ4n) is 6.17. The van der Waals surface area contributed by atoms with E-state index >= 15 is 0 Å². The maximum Gasteiger partial charge on any atom is 0.241 e. The van der Waals surface area contributed by atoms with Gasteiger partial charge in [0.15, 0.2) is 0 Å². The van der Waals surface area contributed by atoms with Crippen LogP contribution in [0.4, 0.5) is 0 Å². The summed E-state index contributed by atoms with van der Waals surface area (Å²) in [5.74, 6) is 2.61. The molecule has 2 aromatic heterocycles. The van der Waals surface area contributed by atoms with Crippen LogP contribution in [0.3, 0.4) is 0 Å². The van der Waals surface area contributed by atoms with Crippen molar-refractivity contribution in [3.8, 4) is 56.6 Å². The van der Waals surface area contributed by atoms with Gasteiger partial charge in [-0.25, -0.2) is 0 Å². The molecule has 1 radical (unpaired) electrons. The van der Waals surface area contributed by atoms with Gasteiger partial charge in [0, 0.05) is 60.2 Å². The van der Waals surface area contributed by atoms with E-state index in [4.69, 9.17) is 25.9 Å². The molecule has 0 saturated carbocycles. The molecule has 50 heavy (non-hydrogen) atoms. The SMILES string of the molecule is [2H]C([2H])([2H])c1c[c-]c(-c2cc(-c3ccccc3)c(C([2H])([2H])[2H])cn2)cc1.[2H]C([2H])([2H])c1cnc(-c2[c-]ccc3c2Oc2cccc4c2B3c2ccccc2O4)cc1C([2H])([2H])[2H].[Ir]. The van der Waals surface area contributed by atoms with Gasteiger partial charge in [-0.1, -0.05) is 84.7 Å². The van der Waals surface area contributed by atoms with Crippen LogP contribution in [0.5, 0.6) is 23.0 Å². The van der Waals surface area contributed by atoms with Crippen molar-refractivity contribution in [2.45, 2.75) is 27.4 Å². The Morgan fingerprint density at radius 2 is 1.40 bits per heavy atom. The first-order chi connectivity index (χ1) is 28.8. The predicted octanol–water partition coefficient (Wildman–Crippen LogP) is 8.72. The number of benzene rings is 5. The van der Waals surface area contributed by atoms with Gasteiger partial charge in [-0.3, -0.25) is 0 Å². The summed E-state index contributed by atoms with van der Waals surface area (Å²) in [7, 11) is 0. The Balaban J connectivity index is 0.000000192. The zero-order valence-corrected chi connectivity index (χ0v) is 28.6. The predicted molar refractivity (Wildman–Crippen MR) is 199 cm³/mol. The van der Waals surface area contributed by atoms with Crippen molar-refractivity contribution in [2.24, 2.45) is 0 Å². The summed E-state index contributed by atoms with van der Waals surface area (Å²) in [6, 6.07) is 40.0. The molecule has 4 nitrogen and oxygen atoms in total. The van der Waals surface area contributed by atoms with Crippen molar-refractivity contribution >= 4 is 23.1 Å². The zero-order valence-electron chi connectivity index (χ0n) is 38.2. The van der Waals surface area contributed by atoms with Gasteiger partial charge in [0.05, 0.1) is 0 Å². The molecule has 7 aromatic rings. The standard InChI is InChI=1S/C25H17BNO2.C19H16N.Ir/c1-15-13-20(27-14-16(15)2)17-7-5-9-19-25(17)29-23-12-6-11-22-24(23)26(19)18-8-3-4-10-21(18)28-22;1-14-8-10-17(11-9-14)19-12-18(15(2)13-20-19)16-6-4-3-5-7-16;/h3-6,8-14H,1-2H3;3-10,12-13H,1-2H3;/q2*-1;/i2*1D3,2D3;. The molecule has 0 unspecified atom stereocenters. The van der Waals surface area contributed by atoms with Gasteiger partial charge in [-0.15, -0.1) is 59.1 Å². The molecular formula is C44H33BIrN2O2-2. The second kappa shape index (κ2) is 13.9. The molecular weight excluding hydrogens is 792 g/mol. The molecule has 0 fully saturated rings. The molecule has 0 spiro atoms. The van der Waals surface area contributed by atoms with Crippen LogP contribution in [0, 0.1) is 39.5 Å². The van der Waals surface area contributed by atoms with E-state index in [-0.39, 0.29) is 54.8 Å². The van der Waals surface area contributed by atoms with Crippen molar-refractivity contribution in [3.05, 3.63) is 162 Å². The number of aromatic nitrogens is 2. The van der Waals surface area contributed by atoms with Crippen LogP contribution in [0.2, 0.25) is 0 Å². The van der Waals surface area contributed by atoms with Gasteiger partial charge in [0.1, 0.15) is 17.2 Å². The molecule has 0 bridgehead atoms. The molecule has 4 heterocycles.